The Morgan fingerprint density at radius 3 is 2.55 bits per heavy atom. The van der Waals surface area contributed by atoms with E-state index in [9.17, 15) is 9.90 Å². The normalized spacial score (nSPS) is 31.0. The van der Waals surface area contributed by atoms with Crippen molar-refractivity contribution < 1.29 is 23.8 Å². The van der Waals surface area contributed by atoms with Crippen molar-refractivity contribution in [2.45, 2.75) is 119 Å². The third kappa shape index (κ3) is 4.09. The fourth-order valence-corrected chi connectivity index (χ4v) is 9.20. The minimum Gasteiger partial charge on any atom is -0.471 e. The number of aromatic nitrogens is 5. The van der Waals surface area contributed by atoms with Gasteiger partial charge in [0.2, 0.25) is 17.5 Å². The summed E-state index contributed by atoms with van der Waals surface area (Å²) in [5.74, 6) is 0.561. The number of likely N-dealkylation sites (tertiary alicyclic amines) is 1. The molecule has 0 aromatic carbocycles. The number of aliphatic hydroxyl groups excluding tert-OH is 1. The molecule has 12 heteroatoms. The summed E-state index contributed by atoms with van der Waals surface area (Å²) in [4.78, 5) is 26.1. The van der Waals surface area contributed by atoms with E-state index in [1.54, 1.807) is 16.2 Å². The molecule has 0 radical (unpaired) electrons. The molecule has 8 rings (SSSR count). The van der Waals surface area contributed by atoms with Gasteiger partial charge in [-0.3, -0.25) is 14.0 Å². The predicted molar refractivity (Wildman–Crippen MR) is 161 cm³/mol. The third-order valence-electron chi connectivity index (χ3n) is 11.4. The molecule has 5 atom stereocenters. The SMILES string of the molecule is C[C@H](Oc1nc(-c2onc3c2CCC[C@@]32CCCCC23OCCO3)nc2c1n(C)c(=O)n2[C@H]1CCC[C@@H]1O)[C@@H]1CCCN1C. The van der Waals surface area contributed by atoms with Crippen molar-refractivity contribution in [3.05, 3.63) is 21.7 Å². The van der Waals surface area contributed by atoms with Crippen molar-refractivity contribution in [1.29, 1.82) is 0 Å². The first-order chi connectivity index (χ1) is 21.3. The highest BCUT2D eigenvalue weighted by Crippen LogP contribution is 2.57. The molecule has 0 amide bonds. The molecule has 3 aliphatic carbocycles. The van der Waals surface area contributed by atoms with Crippen LogP contribution in [0.1, 0.15) is 94.9 Å². The number of hydrogen-bond acceptors (Lipinski definition) is 10. The summed E-state index contributed by atoms with van der Waals surface area (Å²) < 4.78 is 28.9. The van der Waals surface area contributed by atoms with Gasteiger partial charge >= 0.3 is 5.69 Å². The van der Waals surface area contributed by atoms with Gasteiger partial charge in [0.05, 0.1) is 36.5 Å². The lowest BCUT2D eigenvalue weighted by atomic mass is 9.61. The van der Waals surface area contributed by atoms with Crippen LogP contribution in [0.2, 0.25) is 0 Å². The van der Waals surface area contributed by atoms with Gasteiger partial charge < -0.3 is 23.8 Å². The third-order valence-corrected chi connectivity index (χ3v) is 11.4. The first kappa shape index (κ1) is 28.7. The molecule has 4 fully saturated rings. The van der Waals surface area contributed by atoms with Crippen LogP contribution in [0.15, 0.2) is 9.32 Å². The van der Waals surface area contributed by atoms with Crippen LogP contribution in [0.25, 0.3) is 22.7 Å². The van der Waals surface area contributed by atoms with Gasteiger partial charge in [0.25, 0.3) is 0 Å². The Hall–Kier alpha value is -2.80. The Kier molecular flexibility index (Phi) is 6.93. The lowest BCUT2D eigenvalue weighted by Crippen LogP contribution is -2.56. The monoisotopic (exact) mass is 608 g/mol. The summed E-state index contributed by atoms with van der Waals surface area (Å²) in [5, 5.41) is 15.6. The van der Waals surface area contributed by atoms with Gasteiger partial charge in [-0.25, -0.2) is 9.78 Å². The first-order valence-electron chi connectivity index (χ1n) is 16.6. The molecule has 5 heterocycles. The molecule has 2 saturated carbocycles. The molecule has 2 aliphatic heterocycles. The highest BCUT2D eigenvalue weighted by molar-refractivity contribution is 5.80. The van der Waals surface area contributed by atoms with Crippen LogP contribution in [-0.2, 0) is 28.4 Å². The van der Waals surface area contributed by atoms with Crippen LogP contribution in [0.3, 0.4) is 0 Å². The fourth-order valence-electron chi connectivity index (χ4n) is 9.20. The van der Waals surface area contributed by atoms with Gasteiger partial charge in [-0.15, -0.1) is 0 Å². The van der Waals surface area contributed by atoms with Crippen LogP contribution < -0.4 is 10.4 Å². The summed E-state index contributed by atoms with van der Waals surface area (Å²) in [6.07, 6.45) is 10.2. The quantitative estimate of drug-likeness (QED) is 0.458. The second kappa shape index (κ2) is 10.6. The largest absolute Gasteiger partial charge is 0.471 e. The van der Waals surface area contributed by atoms with Gasteiger partial charge in [0.15, 0.2) is 17.0 Å². The zero-order valence-corrected chi connectivity index (χ0v) is 26.1. The van der Waals surface area contributed by atoms with Crippen LogP contribution >= 0.6 is 0 Å². The Morgan fingerprint density at radius 2 is 1.80 bits per heavy atom. The zero-order chi connectivity index (χ0) is 30.2. The van der Waals surface area contributed by atoms with E-state index in [1.165, 1.54) is 0 Å². The lowest BCUT2D eigenvalue weighted by molar-refractivity contribution is -0.231. The molecule has 2 saturated heterocycles. The minimum absolute atomic E-state index is 0.158. The van der Waals surface area contributed by atoms with Crippen LogP contribution in [-0.4, -0.2) is 85.1 Å². The van der Waals surface area contributed by atoms with Crippen LogP contribution in [0, 0.1) is 0 Å². The van der Waals surface area contributed by atoms with Gasteiger partial charge in [-0.2, -0.15) is 4.98 Å². The summed E-state index contributed by atoms with van der Waals surface area (Å²) in [7, 11) is 3.85. The molecule has 2 spiro atoms. The minimum atomic E-state index is -0.672. The number of imidazole rings is 1. The number of likely N-dealkylation sites (N-methyl/N-ethyl adjacent to an activating group) is 1. The fraction of sp³-hybridized carbons (Fsp3) is 0.750. The number of rotatable bonds is 5. The van der Waals surface area contributed by atoms with E-state index in [4.69, 9.17) is 33.9 Å². The van der Waals surface area contributed by atoms with Gasteiger partial charge in [0, 0.05) is 25.1 Å². The number of aliphatic hydroxyl groups is 1. The van der Waals surface area contributed by atoms with E-state index in [2.05, 4.69) is 18.9 Å². The second-order valence-corrected chi connectivity index (χ2v) is 13.7. The summed E-state index contributed by atoms with van der Waals surface area (Å²) in [5.41, 5.74) is 2.30. The van der Waals surface area contributed by atoms with Crippen LogP contribution in [0.5, 0.6) is 5.88 Å². The van der Waals surface area contributed by atoms with Gasteiger partial charge in [-0.1, -0.05) is 11.6 Å². The van der Waals surface area contributed by atoms with E-state index >= 15 is 0 Å². The Balaban J connectivity index is 1.29. The Morgan fingerprint density at radius 1 is 1.00 bits per heavy atom. The van der Waals surface area contributed by atoms with Crippen molar-refractivity contribution >= 4 is 11.2 Å². The van der Waals surface area contributed by atoms with Gasteiger partial charge in [0.1, 0.15) is 6.10 Å². The highest BCUT2D eigenvalue weighted by Gasteiger charge is 2.61. The van der Waals surface area contributed by atoms with Crippen molar-refractivity contribution in [2.75, 3.05) is 26.8 Å². The van der Waals surface area contributed by atoms with Gasteiger partial charge in [-0.05, 0) is 84.7 Å². The van der Waals surface area contributed by atoms with E-state index in [0.29, 0.717) is 54.7 Å². The number of hydrogen-bond donors (Lipinski definition) is 1. The molecule has 44 heavy (non-hydrogen) atoms. The molecule has 0 bridgehead atoms. The average molecular weight is 609 g/mol. The first-order valence-corrected chi connectivity index (χ1v) is 16.6. The van der Waals surface area contributed by atoms with Crippen molar-refractivity contribution in [2.24, 2.45) is 7.05 Å². The second-order valence-electron chi connectivity index (χ2n) is 13.7. The summed E-state index contributed by atoms with van der Waals surface area (Å²) >= 11 is 0. The molecule has 0 unspecified atom stereocenters. The summed E-state index contributed by atoms with van der Waals surface area (Å²) in [6, 6.07) is -0.114. The highest BCUT2D eigenvalue weighted by atomic mass is 16.7. The van der Waals surface area contributed by atoms with E-state index < -0.39 is 11.9 Å². The summed E-state index contributed by atoms with van der Waals surface area (Å²) in [6.45, 7) is 4.28. The number of fused-ring (bicyclic) bond motifs is 4. The van der Waals surface area contributed by atoms with Crippen molar-refractivity contribution in [3.63, 3.8) is 0 Å². The molecule has 3 aromatic rings. The van der Waals surface area contributed by atoms with E-state index in [0.717, 1.165) is 82.0 Å². The molecule has 5 aliphatic rings. The standard InChI is InChI=1S/C32H44N6O6/c1-19(21-11-8-16-36(21)2)43-29-24-28(38(30(40)37(24)3)22-10-6-12-23(22)39)33-27(34-29)25-20-9-7-14-31(26(20)35-44-25)13-4-5-15-32(31)41-17-18-42-32/h19,21-23,39H,4-18H2,1-3H3/t19-,21-,22-,23-,31-/m0/s1. The molecule has 3 aromatic heterocycles. The maximum Gasteiger partial charge on any atom is 0.330 e. The Labute approximate surface area is 256 Å². The van der Waals surface area contributed by atoms with Crippen molar-refractivity contribution in [1.82, 2.24) is 29.2 Å². The average Bonchev–Trinajstić information content (AvgIpc) is 3.85. The predicted octanol–water partition coefficient (Wildman–Crippen LogP) is 3.62. The Bertz CT molecular complexity index is 1620. The molecular weight excluding hydrogens is 564 g/mol. The molecule has 238 valence electrons. The smallest absolute Gasteiger partial charge is 0.330 e. The molecule has 1 N–H and O–H groups in total. The van der Waals surface area contributed by atoms with Crippen LogP contribution in [0.4, 0.5) is 0 Å². The maximum absolute atomic E-state index is 13.8. The van der Waals surface area contributed by atoms with E-state index in [1.807, 2.05) is 0 Å². The zero-order valence-electron chi connectivity index (χ0n) is 26.1. The van der Waals surface area contributed by atoms with E-state index in [-0.39, 0.29) is 29.3 Å². The molecular formula is C32H44N6O6. The lowest BCUT2D eigenvalue weighted by Gasteiger charge is -2.50. The number of aryl methyl sites for hydroxylation is 1. The topological polar surface area (TPSA) is 130 Å². The maximum atomic E-state index is 13.8. The number of nitrogens with zero attached hydrogens (tertiary/aromatic N) is 6. The number of ether oxygens (including phenoxy) is 3. The molecule has 12 nitrogen and oxygen atoms in total. The van der Waals surface area contributed by atoms with Crippen molar-refractivity contribution in [3.8, 4) is 17.5 Å².